The Hall–Kier alpha value is -3.31. The number of nitrogens with one attached hydrogen (secondary N) is 1. The molecule has 5 nitrogen and oxygen atoms in total. The second-order valence-electron chi connectivity index (χ2n) is 7.80. The molecule has 1 heterocycles. The third kappa shape index (κ3) is 5.44. The number of anilines is 2. The van der Waals surface area contributed by atoms with Gasteiger partial charge in [0.2, 0.25) is 0 Å². The van der Waals surface area contributed by atoms with Gasteiger partial charge in [0, 0.05) is 23.0 Å². The summed E-state index contributed by atoms with van der Waals surface area (Å²) >= 11 is 0. The Labute approximate surface area is 183 Å². The van der Waals surface area contributed by atoms with E-state index >= 15 is 0 Å². The molecule has 31 heavy (non-hydrogen) atoms. The van der Waals surface area contributed by atoms with E-state index < -0.39 is 0 Å². The third-order valence-electron chi connectivity index (χ3n) is 5.57. The average molecular weight is 417 g/mol. The molecule has 1 saturated heterocycles. The van der Waals surface area contributed by atoms with Crippen LogP contribution in [0.1, 0.15) is 36.0 Å². The van der Waals surface area contributed by atoms with Crippen LogP contribution in [0.4, 0.5) is 11.4 Å². The number of benzene rings is 3. The van der Waals surface area contributed by atoms with E-state index in [-0.39, 0.29) is 11.7 Å². The van der Waals surface area contributed by atoms with Gasteiger partial charge in [0.25, 0.3) is 5.91 Å². The Balaban J connectivity index is 1.49. The maximum atomic E-state index is 13.3. The van der Waals surface area contributed by atoms with Crippen molar-refractivity contribution in [1.82, 2.24) is 5.32 Å². The lowest BCUT2D eigenvalue weighted by Gasteiger charge is -2.24. The van der Waals surface area contributed by atoms with E-state index in [1.165, 1.54) is 19.3 Å². The standard InChI is InChI=1S/C26H28N2O3/c29-24-13-9-22(10-14-24)28(26(30)20-6-2-1-3-7-20)23-11-15-25(16-12-23)31-19-17-21-8-4-5-18-27-21/h1-3,6-7,9-16,21,27,29H,4-5,8,17-19H2. The molecule has 5 heteroatoms. The zero-order chi connectivity index (χ0) is 21.5. The van der Waals surface area contributed by atoms with Gasteiger partial charge in [-0.15, -0.1) is 0 Å². The van der Waals surface area contributed by atoms with Crippen LogP contribution in [-0.4, -0.2) is 30.2 Å². The van der Waals surface area contributed by atoms with E-state index in [0.29, 0.717) is 23.9 Å². The number of piperidine rings is 1. The van der Waals surface area contributed by atoms with Gasteiger partial charge in [-0.3, -0.25) is 9.69 Å². The normalized spacial score (nSPS) is 15.9. The maximum absolute atomic E-state index is 13.3. The molecule has 0 aromatic heterocycles. The Morgan fingerprint density at radius 1 is 0.935 bits per heavy atom. The van der Waals surface area contributed by atoms with Gasteiger partial charge in [0.05, 0.1) is 6.61 Å². The molecule has 1 unspecified atom stereocenters. The number of rotatable bonds is 7. The Kier molecular flexibility index (Phi) is 6.85. The molecule has 3 aromatic carbocycles. The number of amides is 1. The predicted molar refractivity (Wildman–Crippen MR) is 123 cm³/mol. The highest BCUT2D eigenvalue weighted by Gasteiger charge is 2.20. The molecule has 1 aliphatic rings. The summed E-state index contributed by atoms with van der Waals surface area (Å²) in [5, 5.41) is 13.2. The number of carbonyl (C=O) groups is 1. The molecular weight excluding hydrogens is 388 g/mol. The van der Waals surface area contributed by atoms with E-state index in [0.717, 1.165) is 24.4 Å². The van der Waals surface area contributed by atoms with Crippen LogP contribution in [0.3, 0.4) is 0 Å². The first-order valence-corrected chi connectivity index (χ1v) is 10.9. The van der Waals surface area contributed by atoms with Crippen molar-refractivity contribution in [2.45, 2.75) is 31.7 Å². The molecule has 0 saturated carbocycles. The molecule has 2 N–H and O–H groups in total. The van der Waals surface area contributed by atoms with Gasteiger partial charge in [-0.25, -0.2) is 0 Å². The second kappa shape index (κ2) is 10.1. The Morgan fingerprint density at radius 2 is 1.61 bits per heavy atom. The lowest BCUT2D eigenvalue weighted by atomic mass is 10.0. The van der Waals surface area contributed by atoms with Crippen LogP contribution in [0.5, 0.6) is 11.5 Å². The fraction of sp³-hybridized carbons (Fsp3) is 0.269. The highest BCUT2D eigenvalue weighted by molar-refractivity contribution is 6.10. The van der Waals surface area contributed by atoms with Crippen LogP contribution in [-0.2, 0) is 0 Å². The number of hydrogen-bond donors (Lipinski definition) is 2. The molecule has 4 rings (SSSR count). The topological polar surface area (TPSA) is 61.8 Å². The van der Waals surface area contributed by atoms with Crippen molar-refractivity contribution < 1.29 is 14.6 Å². The molecule has 0 radical (unpaired) electrons. The third-order valence-corrected chi connectivity index (χ3v) is 5.57. The zero-order valence-electron chi connectivity index (χ0n) is 17.5. The molecule has 1 atom stereocenters. The number of phenols is 1. The van der Waals surface area contributed by atoms with Gasteiger partial charge in [-0.2, -0.15) is 0 Å². The number of nitrogens with zero attached hydrogens (tertiary/aromatic N) is 1. The zero-order valence-corrected chi connectivity index (χ0v) is 17.5. The van der Waals surface area contributed by atoms with E-state index in [4.69, 9.17) is 4.74 Å². The van der Waals surface area contributed by atoms with Crippen LogP contribution in [0, 0.1) is 0 Å². The largest absolute Gasteiger partial charge is 0.508 e. The minimum absolute atomic E-state index is 0.136. The van der Waals surface area contributed by atoms with Gasteiger partial charge in [0.15, 0.2) is 0 Å². The Bertz CT molecular complexity index is 966. The van der Waals surface area contributed by atoms with Crippen LogP contribution >= 0.6 is 0 Å². The predicted octanol–water partition coefficient (Wildman–Crippen LogP) is 5.28. The van der Waals surface area contributed by atoms with Crippen LogP contribution in [0.2, 0.25) is 0 Å². The molecule has 1 aliphatic heterocycles. The second-order valence-corrected chi connectivity index (χ2v) is 7.80. The summed E-state index contributed by atoms with van der Waals surface area (Å²) in [6.07, 6.45) is 4.76. The molecule has 160 valence electrons. The van der Waals surface area contributed by atoms with Crippen molar-refractivity contribution in [1.29, 1.82) is 0 Å². The van der Waals surface area contributed by atoms with Gasteiger partial charge >= 0.3 is 0 Å². The van der Waals surface area contributed by atoms with Crippen LogP contribution in [0.25, 0.3) is 0 Å². The molecular formula is C26H28N2O3. The minimum Gasteiger partial charge on any atom is -0.508 e. The number of hydrogen-bond acceptors (Lipinski definition) is 4. The summed E-state index contributed by atoms with van der Waals surface area (Å²) < 4.78 is 5.93. The van der Waals surface area contributed by atoms with Crippen LogP contribution in [0.15, 0.2) is 78.9 Å². The highest BCUT2D eigenvalue weighted by Crippen LogP contribution is 2.30. The maximum Gasteiger partial charge on any atom is 0.262 e. The van der Waals surface area contributed by atoms with Gasteiger partial charge in [0.1, 0.15) is 11.5 Å². The van der Waals surface area contributed by atoms with E-state index in [1.807, 2.05) is 42.5 Å². The van der Waals surface area contributed by atoms with Crippen molar-refractivity contribution in [3.8, 4) is 11.5 Å². The van der Waals surface area contributed by atoms with Gasteiger partial charge < -0.3 is 15.2 Å². The fourth-order valence-corrected chi connectivity index (χ4v) is 3.88. The monoisotopic (exact) mass is 416 g/mol. The summed E-state index contributed by atoms with van der Waals surface area (Å²) in [6, 6.07) is 23.9. The lowest BCUT2D eigenvalue weighted by Crippen LogP contribution is -2.35. The summed E-state index contributed by atoms with van der Waals surface area (Å²) in [5.41, 5.74) is 2.01. The first-order valence-electron chi connectivity index (χ1n) is 10.9. The van der Waals surface area contributed by atoms with Crippen LogP contribution < -0.4 is 15.0 Å². The Morgan fingerprint density at radius 3 is 2.26 bits per heavy atom. The highest BCUT2D eigenvalue weighted by atomic mass is 16.5. The molecule has 1 fully saturated rings. The summed E-state index contributed by atoms with van der Waals surface area (Å²) in [5.74, 6) is 0.813. The minimum atomic E-state index is -0.136. The van der Waals surface area contributed by atoms with Gasteiger partial charge in [-0.05, 0) is 86.5 Å². The smallest absolute Gasteiger partial charge is 0.262 e. The van der Waals surface area contributed by atoms with Crippen molar-refractivity contribution in [3.63, 3.8) is 0 Å². The first kappa shape index (κ1) is 20.9. The van der Waals surface area contributed by atoms with E-state index in [2.05, 4.69) is 5.32 Å². The van der Waals surface area contributed by atoms with Crippen molar-refractivity contribution in [3.05, 3.63) is 84.4 Å². The molecule has 0 aliphatic carbocycles. The molecule has 0 bridgehead atoms. The number of phenolic OH excluding ortho intramolecular Hbond substituents is 1. The summed E-state index contributed by atoms with van der Waals surface area (Å²) in [4.78, 5) is 14.9. The van der Waals surface area contributed by atoms with E-state index in [1.54, 1.807) is 41.3 Å². The molecule has 3 aromatic rings. The van der Waals surface area contributed by atoms with Crippen molar-refractivity contribution in [2.24, 2.45) is 0 Å². The van der Waals surface area contributed by atoms with Gasteiger partial charge in [-0.1, -0.05) is 24.6 Å². The number of aromatic hydroxyl groups is 1. The summed E-state index contributed by atoms with van der Waals surface area (Å²) in [7, 11) is 0. The lowest BCUT2D eigenvalue weighted by molar-refractivity contribution is 0.0999. The number of carbonyl (C=O) groups excluding carboxylic acids is 1. The quantitative estimate of drug-likeness (QED) is 0.550. The number of ether oxygens (including phenoxy) is 1. The molecule has 0 spiro atoms. The SMILES string of the molecule is O=C(c1ccccc1)N(c1ccc(O)cc1)c1ccc(OCCC2CCCCN2)cc1. The summed E-state index contributed by atoms with van der Waals surface area (Å²) in [6.45, 7) is 1.77. The fourth-order valence-electron chi connectivity index (χ4n) is 3.88. The first-order chi connectivity index (χ1) is 15.2. The van der Waals surface area contributed by atoms with E-state index in [9.17, 15) is 9.90 Å². The van der Waals surface area contributed by atoms with Crippen molar-refractivity contribution in [2.75, 3.05) is 18.1 Å². The average Bonchev–Trinajstić information content (AvgIpc) is 2.83. The molecule has 1 amide bonds. The van der Waals surface area contributed by atoms with Crippen molar-refractivity contribution >= 4 is 17.3 Å².